The number of aliphatic carboxylic acids is 2. The molecule has 0 aromatic carbocycles. The summed E-state index contributed by atoms with van der Waals surface area (Å²) < 4.78 is 0. The Kier molecular flexibility index (Phi) is 23.9. The number of carbonyl (C=O) groups excluding carboxylic acids is 5. The van der Waals surface area contributed by atoms with E-state index in [2.05, 4.69) is 31.6 Å². The average molecular weight is 760 g/mol. The number of aliphatic hydroxyl groups excluding tert-OH is 1. The van der Waals surface area contributed by atoms with Gasteiger partial charge in [0.05, 0.1) is 12.1 Å². The van der Waals surface area contributed by atoms with Crippen LogP contribution in [-0.2, 0) is 33.6 Å². The smallest absolute Gasteiger partial charge is 0.326 e. The molecule has 0 aliphatic rings. The van der Waals surface area contributed by atoms with E-state index >= 15 is 0 Å². The first-order valence-electron chi connectivity index (χ1n) is 17.7. The molecule has 0 spiro atoms. The third-order valence-corrected chi connectivity index (χ3v) is 8.04. The molecular formula is C32H61N11O10. The molecule has 7 unspecified atom stereocenters. The molecule has 21 heteroatoms. The number of nitrogens with one attached hydrogen (secondary N) is 5. The molecule has 0 aliphatic heterocycles. The van der Waals surface area contributed by atoms with Crippen LogP contribution in [0.3, 0.4) is 0 Å². The van der Waals surface area contributed by atoms with E-state index in [9.17, 15) is 48.9 Å². The summed E-state index contributed by atoms with van der Waals surface area (Å²) in [5, 5.41) is 41.4. The van der Waals surface area contributed by atoms with Gasteiger partial charge in [0.15, 0.2) is 5.96 Å². The molecule has 18 N–H and O–H groups in total. The van der Waals surface area contributed by atoms with E-state index in [1.54, 1.807) is 13.8 Å². The van der Waals surface area contributed by atoms with Gasteiger partial charge in [-0.1, -0.05) is 20.3 Å². The van der Waals surface area contributed by atoms with Crippen molar-refractivity contribution < 1.29 is 48.9 Å². The van der Waals surface area contributed by atoms with Crippen LogP contribution in [0.2, 0.25) is 0 Å². The molecule has 0 aromatic rings. The van der Waals surface area contributed by atoms with Crippen molar-refractivity contribution in [2.75, 3.05) is 19.6 Å². The van der Waals surface area contributed by atoms with Crippen LogP contribution in [0.25, 0.3) is 0 Å². The Morgan fingerprint density at radius 1 is 0.604 bits per heavy atom. The van der Waals surface area contributed by atoms with Crippen molar-refractivity contribution in [3.05, 3.63) is 0 Å². The molecule has 0 saturated carbocycles. The second-order valence-electron chi connectivity index (χ2n) is 13.0. The molecule has 21 nitrogen and oxygen atoms in total. The number of carboxylic acid groups (broad SMARTS) is 2. The average Bonchev–Trinajstić information content (AvgIpc) is 3.07. The maximum atomic E-state index is 13.7. The third kappa shape index (κ3) is 20.3. The number of amides is 5. The van der Waals surface area contributed by atoms with Crippen LogP contribution in [-0.4, -0.2) is 125 Å². The Balaban J connectivity index is 6.32. The molecule has 7 atom stereocenters. The highest BCUT2D eigenvalue weighted by molar-refractivity contribution is 5.96. The molecule has 0 radical (unpaired) electrons. The number of guanidine groups is 1. The van der Waals surface area contributed by atoms with Crippen molar-refractivity contribution in [2.24, 2.45) is 39.6 Å². The zero-order chi connectivity index (χ0) is 40.7. The zero-order valence-electron chi connectivity index (χ0n) is 30.8. The van der Waals surface area contributed by atoms with E-state index < -0.39 is 103 Å². The number of nitrogens with two attached hydrogens (primary N) is 5. The molecular weight excluding hydrogens is 698 g/mol. The van der Waals surface area contributed by atoms with E-state index in [0.29, 0.717) is 32.2 Å². The fourth-order valence-electron chi connectivity index (χ4n) is 4.95. The maximum absolute atomic E-state index is 13.7. The van der Waals surface area contributed by atoms with Crippen molar-refractivity contribution >= 4 is 47.4 Å². The molecule has 0 fully saturated rings. The number of carboxylic acids is 2. The summed E-state index contributed by atoms with van der Waals surface area (Å²) in [5.74, 6) is -7.72. The Labute approximate surface area is 309 Å². The minimum absolute atomic E-state index is 0.0342. The lowest BCUT2D eigenvalue weighted by atomic mass is 10.0. The lowest BCUT2D eigenvalue weighted by Crippen LogP contribution is -2.61. The lowest BCUT2D eigenvalue weighted by Gasteiger charge is -2.28. The number of hydrogen-bond donors (Lipinski definition) is 13. The van der Waals surface area contributed by atoms with Crippen LogP contribution in [0.15, 0.2) is 4.99 Å². The van der Waals surface area contributed by atoms with Gasteiger partial charge in [-0.15, -0.1) is 0 Å². The Morgan fingerprint density at radius 2 is 1.06 bits per heavy atom. The van der Waals surface area contributed by atoms with Gasteiger partial charge in [-0.3, -0.25) is 33.8 Å². The van der Waals surface area contributed by atoms with Gasteiger partial charge >= 0.3 is 11.9 Å². The second kappa shape index (κ2) is 26.2. The number of aliphatic hydroxyl groups is 1. The Morgan fingerprint density at radius 3 is 1.51 bits per heavy atom. The monoisotopic (exact) mass is 759 g/mol. The predicted molar refractivity (Wildman–Crippen MR) is 194 cm³/mol. The Bertz CT molecular complexity index is 1230. The summed E-state index contributed by atoms with van der Waals surface area (Å²) >= 11 is 0. The van der Waals surface area contributed by atoms with Gasteiger partial charge in [0.25, 0.3) is 0 Å². The molecule has 0 aliphatic carbocycles. The fourth-order valence-corrected chi connectivity index (χ4v) is 4.95. The zero-order valence-corrected chi connectivity index (χ0v) is 30.8. The number of aliphatic imine (C=N–C) groups is 1. The van der Waals surface area contributed by atoms with Crippen LogP contribution in [0, 0.1) is 5.92 Å². The van der Waals surface area contributed by atoms with Gasteiger partial charge in [0.2, 0.25) is 29.5 Å². The van der Waals surface area contributed by atoms with Crippen LogP contribution >= 0.6 is 0 Å². The topological polar surface area (TPSA) is 383 Å². The van der Waals surface area contributed by atoms with Gasteiger partial charge in [-0.25, -0.2) is 4.79 Å². The first-order chi connectivity index (χ1) is 24.9. The van der Waals surface area contributed by atoms with Crippen molar-refractivity contribution in [1.29, 1.82) is 0 Å². The second-order valence-corrected chi connectivity index (χ2v) is 13.0. The lowest BCUT2D eigenvalue weighted by molar-refractivity contribution is -0.143. The van der Waals surface area contributed by atoms with Gasteiger partial charge in [-0.2, -0.15) is 0 Å². The number of nitrogens with zero attached hydrogens (tertiary/aromatic N) is 1. The normalized spacial score (nSPS) is 15.0. The summed E-state index contributed by atoms with van der Waals surface area (Å²) in [6.45, 7) is 5.12. The van der Waals surface area contributed by atoms with E-state index in [4.69, 9.17) is 28.7 Å². The molecule has 0 heterocycles. The van der Waals surface area contributed by atoms with Gasteiger partial charge in [0.1, 0.15) is 30.2 Å². The van der Waals surface area contributed by atoms with Crippen LogP contribution in [0.4, 0.5) is 0 Å². The predicted octanol–water partition coefficient (Wildman–Crippen LogP) is -3.96. The van der Waals surface area contributed by atoms with Crippen molar-refractivity contribution in [3.63, 3.8) is 0 Å². The van der Waals surface area contributed by atoms with Crippen LogP contribution in [0.1, 0.15) is 85.0 Å². The number of hydrogen-bond acceptors (Lipinski definition) is 12. The summed E-state index contributed by atoms with van der Waals surface area (Å²) in [6.07, 6.45) is -0.123. The summed E-state index contributed by atoms with van der Waals surface area (Å²) in [5.41, 5.74) is 27.8. The minimum Gasteiger partial charge on any atom is -0.481 e. The standard InChI is InChI=1S/C32H61N11O10/c1-17(2)24(31(52)53)42-29(50)20(10-5-7-15-34)39-28(49)22(12-13-23(45)46)40-27(48)21(11-8-16-38-32(36)37)41-30(51)25(18(3)44)43-26(47)19(35)9-4-6-14-33/h17-22,24-25,44H,4-16,33-35H2,1-3H3,(H,39,49)(H,40,48)(H,41,51)(H,42,50)(H,43,47)(H,45,46)(H,52,53)(H4,36,37,38). The highest BCUT2D eigenvalue weighted by Gasteiger charge is 2.34. The minimum atomic E-state index is -1.55. The van der Waals surface area contributed by atoms with E-state index in [0.717, 1.165) is 0 Å². The summed E-state index contributed by atoms with van der Waals surface area (Å²) in [6, 6.07) is -8.06. The van der Waals surface area contributed by atoms with Crippen molar-refractivity contribution in [1.82, 2.24) is 26.6 Å². The van der Waals surface area contributed by atoms with Gasteiger partial charge in [0, 0.05) is 13.0 Å². The molecule has 0 aromatic heterocycles. The van der Waals surface area contributed by atoms with E-state index in [1.807, 2.05) is 0 Å². The van der Waals surface area contributed by atoms with Gasteiger partial charge in [-0.05, 0) is 77.3 Å². The number of unbranched alkanes of at least 4 members (excludes halogenated alkanes) is 2. The molecule has 5 amide bonds. The van der Waals surface area contributed by atoms with Crippen molar-refractivity contribution in [2.45, 2.75) is 127 Å². The molecule has 53 heavy (non-hydrogen) atoms. The molecule has 304 valence electrons. The van der Waals surface area contributed by atoms with Crippen LogP contribution < -0.4 is 55.3 Å². The number of rotatable bonds is 28. The highest BCUT2D eigenvalue weighted by Crippen LogP contribution is 2.09. The van der Waals surface area contributed by atoms with Crippen molar-refractivity contribution in [3.8, 4) is 0 Å². The van der Waals surface area contributed by atoms with Crippen LogP contribution in [0.5, 0.6) is 0 Å². The molecule has 0 bridgehead atoms. The third-order valence-electron chi connectivity index (χ3n) is 8.04. The first kappa shape index (κ1) is 48.4. The SMILES string of the molecule is CC(C)C(NC(=O)C(CCCCN)NC(=O)C(CCC(=O)O)NC(=O)C(CCCN=C(N)N)NC(=O)C(NC(=O)C(N)CCCCN)C(C)O)C(=O)O. The Hall–Kier alpha value is -4.60. The van der Waals surface area contributed by atoms with E-state index in [-0.39, 0.29) is 44.7 Å². The molecule has 0 rings (SSSR count). The largest absolute Gasteiger partial charge is 0.481 e. The van der Waals surface area contributed by atoms with Gasteiger partial charge < -0.3 is 70.6 Å². The first-order valence-corrected chi connectivity index (χ1v) is 17.7. The summed E-state index contributed by atoms with van der Waals surface area (Å²) in [7, 11) is 0. The quantitative estimate of drug-likeness (QED) is 0.0206. The fraction of sp³-hybridized carbons (Fsp3) is 0.750. The highest BCUT2D eigenvalue weighted by atomic mass is 16.4. The number of carbonyl (C=O) groups is 7. The maximum Gasteiger partial charge on any atom is 0.326 e. The summed E-state index contributed by atoms with van der Waals surface area (Å²) in [4.78, 5) is 93.6. The van der Waals surface area contributed by atoms with E-state index in [1.165, 1.54) is 6.92 Å². The molecule has 0 saturated heterocycles.